The highest BCUT2D eigenvalue weighted by Gasteiger charge is 2.14. The number of aromatic nitrogens is 1. The van der Waals surface area contributed by atoms with Crippen molar-refractivity contribution in [2.45, 2.75) is 25.5 Å². The molecule has 0 bridgehead atoms. The SMILES string of the molecule is CCC(S)c1cc2ccc(-c3oc4ccccc4c3C)cc2[nH]1. The van der Waals surface area contributed by atoms with Crippen molar-refractivity contribution in [1.29, 1.82) is 0 Å². The van der Waals surface area contributed by atoms with Crippen molar-refractivity contribution < 1.29 is 4.42 Å². The number of aromatic amines is 1. The fourth-order valence-electron chi connectivity index (χ4n) is 3.14. The largest absolute Gasteiger partial charge is 0.456 e. The quantitative estimate of drug-likeness (QED) is 0.428. The Morgan fingerprint density at radius 3 is 2.74 bits per heavy atom. The zero-order valence-electron chi connectivity index (χ0n) is 13.3. The van der Waals surface area contributed by atoms with Crippen LogP contribution in [0.25, 0.3) is 33.2 Å². The van der Waals surface area contributed by atoms with Crippen LogP contribution in [0, 0.1) is 6.92 Å². The Labute approximate surface area is 140 Å². The predicted octanol–water partition coefficient (Wildman–Crippen LogP) is 6.27. The van der Waals surface area contributed by atoms with E-state index in [1.54, 1.807) is 0 Å². The highest BCUT2D eigenvalue weighted by atomic mass is 32.1. The average Bonchev–Trinajstić information content (AvgIpc) is 3.15. The van der Waals surface area contributed by atoms with E-state index in [4.69, 9.17) is 4.42 Å². The molecular formula is C20H19NOS. The lowest BCUT2D eigenvalue weighted by Gasteiger charge is -2.03. The summed E-state index contributed by atoms with van der Waals surface area (Å²) in [6.45, 7) is 4.26. The molecule has 0 radical (unpaired) electrons. The molecule has 2 aromatic carbocycles. The molecule has 4 aromatic rings. The van der Waals surface area contributed by atoms with Crippen molar-refractivity contribution in [2.75, 3.05) is 0 Å². The molecule has 1 atom stereocenters. The fraction of sp³-hybridized carbons (Fsp3) is 0.200. The van der Waals surface area contributed by atoms with Gasteiger partial charge in [-0.3, -0.25) is 0 Å². The Morgan fingerprint density at radius 2 is 1.96 bits per heavy atom. The molecule has 2 nitrogen and oxygen atoms in total. The van der Waals surface area contributed by atoms with E-state index in [1.165, 1.54) is 22.0 Å². The fourth-order valence-corrected chi connectivity index (χ4v) is 3.28. The first-order valence-electron chi connectivity index (χ1n) is 7.96. The van der Waals surface area contributed by atoms with Gasteiger partial charge < -0.3 is 9.40 Å². The van der Waals surface area contributed by atoms with Crippen LogP contribution in [0.5, 0.6) is 0 Å². The van der Waals surface area contributed by atoms with Gasteiger partial charge >= 0.3 is 0 Å². The summed E-state index contributed by atoms with van der Waals surface area (Å²) < 4.78 is 6.08. The highest BCUT2D eigenvalue weighted by Crippen LogP contribution is 2.35. The Morgan fingerprint density at radius 1 is 1.13 bits per heavy atom. The molecular weight excluding hydrogens is 302 g/mol. The van der Waals surface area contributed by atoms with Gasteiger partial charge in [-0.05, 0) is 36.9 Å². The third-order valence-corrected chi connectivity index (χ3v) is 5.14. The monoisotopic (exact) mass is 321 g/mol. The normalized spacial score (nSPS) is 13.0. The van der Waals surface area contributed by atoms with Crippen molar-refractivity contribution in [1.82, 2.24) is 4.98 Å². The molecule has 0 aliphatic carbocycles. The van der Waals surface area contributed by atoms with Crippen molar-refractivity contribution >= 4 is 34.5 Å². The molecule has 3 heteroatoms. The maximum absolute atomic E-state index is 6.08. The van der Waals surface area contributed by atoms with Crippen molar-refractivity contribution in [3.8, 4) is 11.3 Å². The molecule has 2 aromatic heterocycles. The zero-order chi connectivity index (χ0) is 16.0. The Bertz CT molecular complexity index is 995. The van der Waals surface area contributed by atoms with E-state index < -0.39 is 0 Å². The second kappa shape index (κ2) is 5.50. The van der Waals surface area contributed by atoms with E-state index in [0.717, 1.165) is 28.8 Å². The number of rotatable bonds is 3. The molecule has 1 unspecified atom stereocenters. The van der Waals surface area contributed by atoms with Gasteiger partial charge in [0.15, 0.2) is 0 Å². The van der Waals surface area contributed by atoms with Crippen molar-refractivity contribution in [3.05, 3.63) is 59.8 Å². The number of fused-ring (bicyclic) bond motifs is 2. The van der Waals surface area contributed by atoms with E-state index in [9.17, 15) is 0 Å². The maximum atomic E-state index is 6.08. The van der Waals surface area contributed by atoms with Crippen LogP contribution in [-0.4, -0.2) is 4.98 Å². The van der Waals surface area contributed by atoms with Gasteiger partial charge in [0, 0.05) is 33.0 Å². The number of hydrogen-bond acceptors (Lipinski definition) is 2. The first-order valence-corrected chi connectivity index (χ1v) is 8.48. The summed E-state index contributed by atoms with van der Waals surface area (Å²) in [7, 11) is 0. The van der Waals surface area contributed by atoms with Crippen LogP contribution in [0.4, 0.5) is 0 Å². The molecule has 0 aliphatic heterocycles. The van der Waals surface area contributed by atoms with Crippen molar-refractivity contribution in [3.63, 3.8) is 0 Å². The summed E-state index contributed by atoms with van der Waals surface area (Å²) in [5.74, 6) is 0.946. The second-order valence-electron chi connectivity index (χ2n) is 6.00. The van der Waals surface area contributed by atoms with Gasteiger partial charge in [-0.1, -0.05) is 37.3 Å². The lowest BCUT2D eigenvalue weighted by molar-refractivity contribution is 0.629. The number of furan rings is 1. The number of H-pyrrole nitrogens is 1. The summed E-state index contributed by atoms with van der Waals surface area (Å²) in [6, 6.07) is 16.8. The summed E-state index contributed by atoms with van der Waals surface area (Å²) in [6.07, 6.45) is 1.01. The van der Waals surface area contributed by atoms with E-state index in [0.29, 0.717) is 0 Å². The standard InChI is InChI=1S/C20H19NOS/c1-3-19(23)17-10-13-8-9-14(11-16(13)21-17)20-12(2)15-6-4-5-7-18(15)22-20/h4-11,19,21,23H,3H2,1-2H3. The third kappa shape index (κ3) is 2.36. The average molecular weight is 321 g/mol. The topological polar surface area (TPSA) is 28.9 Å². The Hall–Kier alpha value is -2.13. The zero-order valence-corrected chi connectivity index (χ0v) is 14.2. The summed E-state index contributed by atoms with van der Waals surface area (Å²) >= 11 is 4.63. The van der Waals surface area contributed by atoms with Gasteiger partial charge in [-0.15, -0.1) is 0 Å². The molecule has 23 heavy (non-hydrogen) atoms. The van der Waals surface area contributed by atoms with Crippen LogP contribution in [0.15, 0.2) is 52.9 Å². The lowest BCUT2D eigenvalue weighted by Crippen LogP contribution is -1.86. The van der Waals surface area contributed by atoms with Crippen molar-refractivity contribution in [2.24, 2.45) is 0 Å². The van der Waals surface area contributed by atoms with E-state index in [1.807, 2.05) is 18.2 Å². The van der Waals surface area contributed by atoms with Gasteiger partial charge in [0.2, 0.25) is 0 Å². The highest BCUT2D eigenvalue weighted by molar-refractivity contribution is 7.80. The van der Waals surface area contributed by atoms with Gasteiger partial charge in [0.1, 0.15) is 11.3 Å². The minimum atomic E-state index is 0.249. The predicted molar refractivity (Wildman–Crippen MR) is 100 cm³/mol. The minimum Gasteiger partial charge on any atom is -0.456 e. The molecule has 0 saturated carbocycles. The smallest absolute Gasteiger partial charge is 0.138 e. The van der Waals surface area contributed by atoms with Gasteiger partial charge in [-0.25, -0.2) is 0 Å². The van der Waals surface area contributed by atoms with Crippen LogP contribution < -0.4 is 0 Å². The molecule has 0 amide bonds. The summed E-state index contributed by atoms with van der Waals surface area (Å²) in [5.41, 5.74) is 5.53. The number of nitrogens with one attached hydrogen (secondary N) is 1. The third-order valence-electron chi connectivity index (χ3n) is 4.49. The first kappa shape index (κ1) is 14.5. The lowest BCUT2D eigenvalue weighted by atomic mass is 10.1. The first-order chi connectivity index (χ1) is 11.2. The Kier molecular flexibility index (Phi) is 3.46. The Balaban J connectivity index is 1.86. The van der Waals surface area contributed by atoms with E-state index >= 15 is 0 Å². The summed E-state index contributed by atoms with van der Waals surface area (Å²) in [4.78, 5) is 3.49. The van der Waals surface area contributed by atoms with Crippen LogP contribution >= 0.6 is 12.6 Å². The van der Waals surface area contributed by atoms with E-state index in [2.05, 4.69) is 61.8 Å². The molecule has 0 spiro atoms. The molecule has 4 rings (SSSR count). The molecule has 0 saturated heterocycles. The van der Waals surface area contributed by atoms with Crippen LogP contribution in [0.3, 0.4) is 0 Å². The number of benzene rings is 2. The minimum absolute atomic E-state index is 0.249. The molecule has 0 aliphatic rings. The van der Waals surface area contributed by atoms with Gasteiger partial charge in [-0.2, -0.15) is 12.6 Å². The van der Waals surface area contributed by atoms with Gasteiger partial charge in [0.25, 0.3) is 0 Å². The van der Waals surface area contributed by atoms with Gasteiger partial charge in [0.05, 0.1) is 0 Å². The molecule has 116 valence electrons. The molecule has 1 N–H and O–H groups in total. The van der Waals surface area contributed by atoms with E-state index in [-0.39, 0.29) is 5.25 Å². The molecule has 2 heterocycles. The second-order valence-corrected chi connectivity index (χ2v) is 6.63. The number of hydrogen-bond donors (Lipinski definition) is 2. The number of thiol groups is 1. The van der Waals surface area contributed by atoms with Crippen LogP contribution in [0.1, 0.15) is 29.9 Å². The maximum Gasteiger partial charge on any atom is 0.138 e. The molecule has 0 fully saturated rings. The van der Waals surface area contributed by atoms with Crippen LogP contribution in [0.2, 0.25) is 0 Å². The number of para-hydroxylation sites is 1. The van der Waals surface area contributed by atoms with Crippen LogP contribution in [-0.2, 0) is 0 Å². The number of aryl methyl sites for hydroxylation is 1. The summed E-state index contributed by atoms with van der Waals surface area (Å²) in [5, 5.41) is 2.64.